The van der Waals surface area contributed by atoms with E-state index in [4.69, 9.17) is 11.6 Å². The number of aryl methyl sites for hydroxylation is 2. The van der Waals surface area contributed by atoms with Gasteiger partial charge in [0, 0.05) is 18.7 Å². The molecule has 21 heavy (non-hydrogen) atoms. The van der Waals surface area contributed by atoms with Gasteiger partial charge in [-0.2, -0.15) is 5.10 Å². The van der Waals surface area contributed by atoms with Gasteiger partial charge in [0.05, 0.1) is 5.69 Å². The van der Waals surface area contributed by atoms with Gasteiger partial charge in [-0.1, -0.05) is 50.6 Å². The first-order valence-corrected chi connectivity index (χ1v) is 8.91. The van der Waals surface area contributed by atoms with Crippen molar-refractivity contribution in [2.24, 2.45) is 13.0 Å². The zero-order valence-corrected chi connectivity index (χ0v) is 14.5. The molecule has 0 radical (unpaired) electrons. The van der Waals surface area contributed by atoms with Crippen LogP contribution in [0.4, 0.5) is 0 Å². The number of likely N-dealkylation sites (N-methyl/N-ethyl adjacent to an activating group) is 1. The van der Waals surface area contributed by atoms with Crippen molar-refractivity contribution in [1.29, 1.82) is 0 Å². The molecule has 0 spiro atoms. The Morgan fingerprint density at radius 1 is 1.33 bits per heavy atom. The van der Waals surface area contributed by atoms with Crippen LogP contribution in [-0.4, -0.2) is 22.4 Å². The zero-order chi connectivity index (χ0) is 15.2. The minimum Gasteiger partial charge on any atom is -0.314 e. The van der Waals surface area contributed by atoms with E-state index in [1.807, 2.05) is 7.05 Å². The predicted octanol–water partition coefficient (Wildman–Crippen LogP) is 4.26. The zero-order valence-electron chi connectivity index (χ0n) is 13.8. The molecule has 0 saturated heterocycles. The lowest BCUT2D eigenvalue weighted by atomic mass is 9.84. The first kappa shape index (κ1) is 16.8. The van der Waals surface area contributed by atoms with Gasteiger partial charge in [0.25, 0.3) is 0 Å². The Balaban J connectivity index is 1.91. The maximum atomic E-state index is 6.38. The van der Waals surface area contributed by atoms with E-state index in [2.05, 4.69) is 24.3 Å². The van der Waals surface area contributed by atoms with Crippen molar-refractivity contribution >= 4 is 11.6 Å². The molecule has 1 aromatic heterocycles. The minimum absolute atomic E-state index is 0.525. The highest BCUT2D eigenvalue weighted by Crippen LogP contribution is 2.29. The molecule has 1 atom stereocenters. The summed E-state index contributed by atoms with van der Waals surface area (Å²) >= 11 is 6.38. The van der Waals surface area contributed by atoms with Gasteiger partial charge in [0.2, 0.25) is 0 Å². The van der Waals surface area contributed by atoms with Crippen LogP contribution in [0.2, 0.25) is 5.15 Å². The monoisotopic (exact) mass is 311 g/mol. The number of aromatic nitrogens is 2. The Morgan fingerprint density at radius 2 is 2.05 bits per heavy atom. The van der Waals surface area contributed by atoms with Gasteiger partial charge in [-0.15, -0.1) is 0 Å². The molecule has 1 aromatic rings. The molecular formula is C17H30ClN3. The lowest BCUT2D eigenvalue weighted by molar-refractivity contribution is 0.313. The molecule has 0 aromatic carbocycles. The van der Waals surface area contributed by atoms with Crippen molar-refractivity contribution in [2.75, 3.05) is 6.54 Å². The van der Waals surface area contributed by atoms with Crippen molar-refractivity contribution in [3.05, 3.63) is 16.4 Å². The van der Waals surface area contributed by atoms with Crippen molar-refractivity contribution in [2.45, 2.75) is 71.3 Å². The third-order valence-corrected chi connectivity index (χ3v) is 5.33. The second-order valence-corrected chi connectivity index (χ2v) is 6.88. The van der Waals surface area contributed by atoms with Crippen LogP contribution in [0.25, 0.3) is 0 Å². The van der Waals surface area contributed by atoms with E-state index < -0.39 is 0 Å². The molecule has 0 aliphatic heterocycles. The topological polar surface area (TPSA) is 29.9 Å². The van der Waals surface area contributed by atoms with E-state index in [0.29, 0.717) is 6.04 Å². The molecule has 1 N–H and O–H groups in total. The maximum Gasteiger partial charge on any atom is 0.130 e. The summed E-state index contributed by atoms with van der Waals surface area (Å²) in [6.07, 6.45) is 10.8. The van der Waals surface area contributed by atoms with Crippen LogP contribution in [0.5, 0.6) is 0 Å². The standard InChI is InChI=1S/C17H30ClN3/c1-4-19-15(11-10-14-8-6-5-7-9-14)12-16-13(2)20-21(3)17(16)18/h14-15,19H,4-12H2,1-3H3. The molecule has 0 amide bonds. The number of hydrogen-bond acceptors (Lipinski definition) is 2. The van der Waals surface area contributed by atoms with Crippen LogP contribution in [0.1, 0.15) is 63.1 Å². The number of hydrogen-bond donors (Lipinski definition) is 1. The number of rotatable bonds is 7. The highest BCUT2D eigenvalue weighted by molar-refractivity contribution is 6.30. The van der Waals surface area contributed by atoms with Gasteiger partial charge in [-0.3, -0.25) is 4.68 Å². The fraction of sp³-hybridized carbons (Fsp3) is 0.824. The second kappa shape index (κ2) is 8.19. The molecule has 1 aliphatic carbocycles. The van der Waals surface area contributed by atoms with E-state index in [1.54, 1.807) is 4.68 Å². The largest absolute Gasteiger partial charge is 0.314 e. The van der Waals surface area contributed by atoms with E-state index in [1.165, 1.54) is 50.5 Å². The van der Waals surface area contributed by atoms with Crippen LogP contribution in [0.15, 0.2) is 0 Å². The second-order valence-electron chi connectivity index (χ2n) is 6.52. The van der Waals surface area contributed by atoms with Crippen LogP contribution >= 0.6 is 11.6 Å². The summed E-state index contributed by atoms with van der Waals surface area (Å²) in [6, 6.07) is 0.525. The highest BCUT2D eigenvalue weighted by Gasteiger charge is 2.19. The smallest absolute Gasteiger partial charge is 0.130 e. The summed E-state index contributed by atoms with van der Waals surface area (Å²) < 4.78 is 1.79. The molecule has 1 saturated carbocycles. The number of nitrogens with zero attached hydrogens (tertiary/aromatic N) is 2. The molecule has 4 heteroatoms. The molecule has 2 rings (SSSR count). The van der Waals surface area contributed by atoms with E-state index >= 15 is 0 Å². The molecule has 0 bridgehead atoms. The summed E-state index contributed by atoms with van der Waals surface area (Å²) in [6.45, 7) is 5.27. The van der Waals surface area contributed by atoms with Gasteiger partial charge in [0.15, 0.2) is 0 Å². The summed E-state index contributed by atoms with van der Waals surface area (Å²) in [4.78, 5) is 0. The molecule has 1 heterocycles. The molecule has 1 fully saturated rings. The first-order chi connectivity index (χ1) is 10.1. The van der Waals surface area contributed by atoms with Crippen molar-refractivity contribution in [3.8, 4) is 0 Å². The van der Waals surface area contributed by atoms with Gasteiger partial charge in [0.1, 0.15) is 5.15 Å². The van der Waals surface area contributed by atoms with Crippen LogP contribution < -0.4 is 5.32 Å². The SMILES string of the molecule is CCNC(CCC1CCCCC1)Cc1c(C)nn(C)c1Cl. The number of nitrogens with one attached hydrogen (secondary N) is 1. The van der Waals surface area contributed by atoms with E-state index in [-0.39, 0.29) is 0 Å². The van der Waals surface area contributed by atoms with E-state index in [0.717, 1.165) is 29.7 Å². The first-order valence-electron chi connectivity index (χ1n) is 8.53. The summed E-state index contributed by atoms with van der Waals surface area (Å²) in [5.41, 5.74) is 2.29. The normalized spacial score (nSPS) is 18.1. The lowest BCUT2D eigenvalue weighted by Crippen LogP contribution is -2.32. The minimum atomic E-state index is 0.525. The van der Waals surface area contributed by atoms with Crippen LogP contribution in [0, 0.1) is 12.8 Å². The fourth-order valence-corrected chi connectivity index (χ4v) is 3.88. The molecule has 1 unspecified atom stereocenters. The third-order valence-electron chi connectivity index (χ3n) is 4.86. The highest BCUT2D eigenvalue weighted by atomic mass is 35.5. The maximum absolute atomic E-state index is 6.38. The van der Waals surface area contributed by atoms with Crippen LogP contribution in [0.3, 0.4) is 0 Å². The lowest BCUT2D eigenvalue weighted by Gasteiger charge is -2.24. The summed E-state index contributed by atoms with van der Waals surface area (Å²) in [7, 11) is 1.92. The van der Waals surface area contributed by atoms with Crippen LogP contribution in [-0.2, 0) is 13.5 Å². The van der Waals surface area contributed by atoms with Crippen molar-refractivity contribution < 1.29 is 0 Å². The molecule has 3 nitrogen and oxygen atoms in total. The quantitative estimate of drug-likeness (QED) is 0.815. The average Bonchev–Trinajstić information content (AvgIpc) is 2.72. The molecule has 1 aliphatic rings. The Morgan fingerprint density at radius 3 is 2.62 bits per heavy atom. The van der Waals surface area contributed by atoms with Crippen molar-refractivity contribution in [1.82, 2.24) is 15.1 Å². The molecule has 120 valence electrons. The van der Waals surface area contributed by atoms with E-state index in [9.17, 15) is 0 Å². The average molecular weight is 312 g/mol. The Kier molecular flexibility index (Phi) is 6.56. The Labute approximate surface area is 134 Å². The van der Waals surface area contributed by atoms with Gasteiger partial charge in [-0.25, -0.2) is 0 Å². The fourth-order valence-electron chi connectivity index (χ4n) is 3.63. The van der Waals surface area contributed by atoms with Gasteiger partial charge in [-0.05, 0) is 38.6 Å². The Bertz CT molecular complexity index is 435. The van der Waals surface area contributed by atoms with Crippen molar-refractivity contribution in [3.63, 3.8) is 0 Å². The number of halogens is 1. The summed E-state index contributed by atoms with van der Waals surface area (Å²) in [5.74, 6) is 0.949. The molecular weight excluding hydrogens is 282 g/mol. The van der Waals surface area contributed by atoms with Gasteiger partial charge >= 0.3 is 0 Å². The third kappa shape index (κ3) is 4.72. The Hall–Kier alpha value is -0.540. The predicted molar refractivity (Wildman–Crippen MR) is 89.9 cm³/mol. The summed E-state index contributed by atoms with van der Waals surface area (Å²) in [5, 5.41) is 8.87. The van der Waals surface area contributed by atoms with Gasteiger partial charge < -0.3 is 5.32 Å².